The lowest BCUT2D eigenvalue weighted by molar-refractivity contribution is -0.127. The molecule has 1 aliphatic rings. The largest absolute Gasteiger partial charge is 0.361 e. The first-order chi connectivity index (χ1) is 12.1. The van der Waals surface area contributed by atoms with Crippen LogP contribution in [-0.4, -0.2) is 27.9 Å². The van der Waals surface area contributed by atoms with Crippen LogP contribution in [0.2, 0.25) is 0 Å². The van der Waals surface area contributed by atoms with Crippen molar-refractivity contribution in [3.63, 3.8) is 0 Å². The molecule has 1 aromatic heterocycles. The van der Waals surface area contributed by atoms with Gasteiger partial charge < -0.3 is 10.3 Å². The van der Waals surface area contributed by atoms with Crippen molar-refractivity contribution in [1.82, 2.24) is 15.2 Å². The van der Waals surface area contributed by atoms with Gasteiger partial charge in [-0.05, 0) is 29.7 Å². The molecule has 0 radical (unpaired) electrons. The minimum Gasteiger partial charge on any atom is -0.361 e. The van der Waals surface area contributed by atoms with Crippen molar-refractivity contribution in [2.24, 2.45) is 0 Å². The lowest BCUT2D eigenvalue weighted by Gasteiger charge is -2.14. The molecule has 3 amide bonds. The number of benzene rings is 2. The van der Waals surface area contributed by atoms with Gasteiger partial charge in [-0.2, -0.15) is 0 Å². The maximum absolute atomic E-state index is 12.7. The molecule has 5 heteroatoms. The highest BCUT2D eigenvalue weighted by Crippen LogP contribution is 2.22. The molecule has 1 saturated heterocycles. The number of para-hydroxylation sites is 1. The first kappa shape index (κ1) is 15.4. The highest BCUT2D eigenvalue weighted by Gasteiger charge is 2.38. The van der Waals surface area contributed by atoms with Crippen LogP contribution in [0, 0.1) is 6.92 Å². The summed E-state index contributed by atoms with van der Waals surface area (Å²) >= 11 is 0. The van der Waals surface area contributed by atoms with Gasteiger partial charge in [0.05, 0.1) is 6.54 Å². The summed E-state index contributed by atoms with van der Waals surface area (Å²) in [5.74, 6) is -0.168. The fourth-order valence-corrected chi connectivity index (χ4v) is 3.34. The van der Waals surface area contributed by atoms with E-state index in [0.29, 0.717) is 13.0 Å². The van der Waals surface area contributed by atoms with Gasteiger partial charge in [-0.15, -0.1) is 0 Å². The van der Waals surface area contributed by atoms with Crippen LogP contribution in [0.15, 0.2) is 54.7 Å². The highest BCUT2D eigenvalue weighted by molar-refractivity contribution is 6.04. The van der Waals surface area contributed by atoms with Gasteiger partial charge in [0.25, 0.3) is 5.91 Å². The minimum absolute atomic E-state index is 0.168. The number of amides is 3. The fourth-order valence-electron chi connectivity index (χ4n) is 3.34. The second kappa shape index (κ2) is 6.09. The Hall–Kier alpha value is -3.08. The highest BCUT2D eigenvalue weighted by atomic mass is 16.2. The van der Waals surface area contributed by atoms with Gasteiger partial charge in [-0.1, -0.05) is 42.5 Å². The van der Waals surface area contributed by atoms with E-state index in [0.717, 1.165) is 27.6 Å². The summed E-state index contributed by atoms with van der Waals surface area (Å²) in [4.78, 5) is 29.5. The second-order valence-electron chi connectivity index (χ2n) is 6.42. The molecule has 1 fully saturated rings. The van der Waals surface area contributed by atoms with Crippen molar-refractivity contribution in [3.05, 3.63) is 71.4 Å². The van der Waals surface area contributed by atoms with Gasteiger partial charge >= 0.3 is 6.03 Å². The number of fused-ring (bicyclic) bond motifs is 1. The number of rotatable bonds is 4. The van der Waals surface area contributed by atoms with Crippen molar-refractivity contribution < 1.29 is 9.59 Å². The fraction of sp³-hybridized carbons (Fsp3) is 0.200. The molecule has 126 valence electrons. The molecule has 3 aromatic rings. The van der Waals surface area contributed by atoms with Gasteiger partial charge in [-0.25, -0.2) is 4.79 Å². The van der Waals surface area contributed by atoms with E-state index in [1.54, 1.807) is 0 Å². The summed E-state index contributed by atoms with van der Waals surface area (Å²) in [5, 5.41) is 3.91. The van der Waals surface area contributed by atoms with Crippen LogP contribution in [0.3, 0.4) is 0 Å². The third kappa shape index (κ3) is 2.78. The quantitative estimate of drug-likeness (QED) is 0.721. The number of carbonyl (C=O) groups excluding carboxylic acids is 2. The Morgan fingerprint density at radius 1 is 1.00 bits per heavy atom. The van der Waals surface area contributed by atoms with Crippen molar-refractivity contribution in [3.8, 4) is 0 Å². The van der Waals surface area contributed by atoms with Crippen molar-refractivity contribution >= 4 is 22.8 Å². The van der Waals surface area contributed by atoms with Gasteiger partial charge in [0.1, 0.15) is 6.04 Å². The summed E-state index contributed by atoms with van der Waals surface area (Å²) in [6.07, 6.45) is 2.40. The van der Waals surface area contributed by atoms with Crippen LogP contribution in [0.5, 0.6) is 0 Å². The van der Waals surface area contributed by atoms with E-state index < -0.39 is 6.04 Å². The smallest absolute Gasteiger partial charge is 0.325 e. The molecule has 1 atom stereocenters. The van der Waals surface area contributed by atoms with E-state index in [2.05, 4.69) is 10.3 Å². The molecule has 2 N–H and O–H groups in total. The van der Waals surface area contributed by atoms with E-state index >= 15 is 0 Å². The monoisotopic (exact) mass is 333 g/mol. The molecule has 0 spiro atoms. The third-order valence-corrected chi connectivity index (χ3v) is 4.80. The van der Waals surface area contributed by atoms with E-state index in [1.165, 1.54) is 4.90 Å². The molecular formula is C20H19N3O2. The number of H-pyrrole nitrogens is 1. The molecule has 2 heterocycles. The number of aryl methyl sites for hydroxylation is 1. The molecule has 2 aromatic carbocycles. The molecule has 0 bridgehead atoms. The van der Waals surface area contributed by atoms with Crippen LogP contribution in [0.4, 0.5) is 4.79 Å². The summed E-state index contributed by atoms with van der Waals surface area (Å²) in [5.41, 5.74) is 4.12. The Labute approximate surface area is 145 Å². The number of carbonyl (C=O) groups is 2. The van der Waals surface area contributed by atoms with Gasteiger partial charge in [-0.3, -0.25) is 9.69 Å². The molecule has 1 aliphatic heterocycles. The molecular weight excluding hydrogens is 314 g/mol. The van der Waals surface area contributed by atoms with E-state index in [9.17, 15) is 9.59 Å². The summed E-state index contributed by atoms with van der Waals surface area (Å²) in [6.45, 7) is 2.29. The normalized spacial score (nSPS) is 17.3. The van der Waals surface area contributed by atoms with Gasteiger partial charge in [0, 0.05) is 23.5 Å². The number of nitrogens with zero attached hydrogens (tertiary/aromatic N) is 1. The third-order valence-electron chi connectivity index (χ3n) is 4.80. The minimum atomic E-state index is -0.518. The average Bonchev–Trinajstić information content (AvgIpc) is 3.13. The number of aromatic nitrogens is 1. The number of nitrogens with one attached hydrogen (secondary N) is 2. The van der Waals surface area contributed by atoms with Crippen molar-refractivity contribution in [2.75, 3.05) is 0 Å². The average molecular weight is 333 g/mol. The Balaban J connectivity index is 1.54. The zero-order chi connectivity index (χ0) is 17.4. The number of hydrogen-bond acceptors (Lipinski definition) is 2. The van der Waals surface area contributed by atoms with Crippen molar-refractivity contribution in [1.29, 1.82) is 0 Å². The van der Waals surface area contributed by atoms with E-state index in [1.807, 2.05) is 61.7 Å². The predicted octanol–water partition coefficient (Wildman–Crippen LogP) is 3.14. The molecule has 1 unspecified atom stereocenters. The summed E-state index contributed by atoms with van der Waals surface area (Å²) in [7, 11) is 0. The van der Waals surface area contributed by atoms with Gasteiger partial charge in [0.15, 0.2) is 0 Å². The van der Waals surface area contributed by atoms with Gasteiger partial charge in [0.2, 0.25) is 0 Å². The molecule has 4 rings (SSSR count). The van der Waals surface area contributed by atoms with Crippen LogP contribution < -0.4 is 5.32 Å². The first-order valence-electron chi connectivity index (χ1n) is 8.35. The Morgan fingerprint density at radius 2 is 1.76 bits per heavy atom. The van der Waals surface area contributed by atoms with E-state index in [4.69, 9.17) is 0 Å². The SMILES string of the molecule is Cc1ccccc1CN1C(=O)NC(Cc2c[nH]c3ccccc23)C1=O. The van der Waals surface area contributed by atoms with Crippen LogP contribution in [0.25, 0.3) is 10.9 Å². The van der Waals surface area contributed by atoms with Crippen molar-refractivity contribution in [2.45, 2.75) is 25.9 Å². The Bertz CT molecular complexity index is 960. The zero-order valence-electron chi connectivity index (χ0n) is 14.0. The number of imide groups is 1. The predicted molar refractivity (Wildman–Crippen MR) is 96.1 cm³/mol. The molecule has 5 nitrogen and oxygen atoms in total. The van der Waals surface area contributed by atoms with Crippen LogP contribution in [-0.2, 0) is 17.8 Å². The number of urea groups is 1. The zero-order valence-corrected chi connectivity index (χ0v) is 14.0. The van der Waals surface area contributed by atoms with E-state index in [-0.39, 0.29) is 11.9 Å². The second-order valence-corrected chi connectivity index (χ2v) is 6.42. The maximum Gasteiger partial charge on any atom is 0.325 e. The molecule has 0 saturated carbocycles. The maximum atomic E-state index is 12.7. The number of hydrogen-bond donors (Lipinski definition) is 2. The molecule has 25 heavy (non-hydrogen) atoms. The lowest BCUT2D eigenvalue weighted by atomic mass is 10.0. The topological polar surface area (TPSA) is 65.2 Å². The Morgan fingerprint density at radius 3 is 2.60 bits per heavy atom. The summed E-state index contributed by atoms with van der Waals surface area (Å²) in [6, 6.07) is 14.9. The number of aromatic amines is 1. The van der Waals surface area contributed by atoms with Crippen LogP contribution >= 0.6 is 0 Å². The standard InChI is InChI=1S/C20H19N3O2/c1-13-6-2-3-7-14(13)12-23-19(24)18(22-20(23)25)10-15-11-21-17-9-5-4-8-16(15)17/h2-9,11,18,21H,10,12H2,1H3,(H,22,25). The Kier molecular flexibility index (Phi) is 3.76. The first-order valence-corrected chi connectivity index (χ1v) is 8.35. The van der Waals surface area contributed by atoms with Crippen LogP contribution in [0.1, 0.15) is 16.7 Å². The lowest BCUT2D eigenvalue weighted by Crippen LogP contribution is -2.32. The molecule has 0 aliphatic carbocycles. The summed E-state index contributed by atoms with van der Waals surface area (Å²) < 4.78 is 0.